The van der Waals surface area contributed by atoms with Crippen molar-refractivity contribution in [3.05, 3.63) is 42.1 Å². The highest BCUT2D eigenvalue weighted by molar-refractivity contribution is 7.92. The van der Waals surface area contributed by atoms with E-state index in [1.54, 1.807) is 12.3 Å². The molecule has 1 aromatic carbocycles. The second-order valence-electron chi connectivity index (χ2n) is 11.9. The summed E-state index contributed by atoms with van der Waals surface area (Å²) in [6, 6.07) is 9.74. The molecule has 0 spiro atoms. The highest BCUT2D eigenvalue weighted by Gasteiger charge is 2.41. The highest BCUT2D eigenvalue weighted by atomic mass is 32.2. The van der Waals surface area contributed by atoms with Gasteiger partial charge in [0.2, 0.25) is 16.0 Å². The number of nitrogens with zero attached hydrogens (tertiary/aromatic N) is 5. The molecule has 2 heterocycles. The van der Waals surface area contributed by atoms with E-state index in [1.165, 1.54) is 0 Å². The third kappa shape index (κ3) is 8.18. The van der Waals surface area contributed by atoms with Gasteiger partial charge in [0, 0.05) is 43.3 Å². The zero-order valence-corrected chi connectivity index (χ0v) is 27.9. The molecule has 2 aromatic heterocycles. The normalized spacial score (nSPS) is 12.2. The van der Waals surface area contributed by atoms with Crippen LogP contribution in [0.2, 0.25) is 16.6 Å². The second-order valence-corrected chi connectivity index (χ2v) is 19.2. The number of likely N-dealkylation sites (N-methyl/N-ethyl adjacent to an activating group) is 2. The molecule has 0 radical (unpaired) electrons. The van der Waals surface area contributed by atoms with Crippen molar-refractivity contribution < 1.29 is 8.42 Å². The Morgan fingerprint density at radius 2 is 1.54 bits per heavy atom. The number of sulfonamides is 1. The number of aromatic nitrogens is 3. The van der Waals surface area contributed by atoms with Gasteiger partial charge in [-0.3, -0.25) is 4.72 Å². The van der Waals surface area contributed by atoms with Crippen LogP contribution in [0.3, 0.4) is 0 Å². The average Bonchev–Trinajstić information content (AvgIpc) is 2.86. The lowest BCUT2D eigenvalue weighted by Crippen LogP contribution is -2.43. The number of rotatable bonds is 11. The van der Waals surface area contributed by atoms with E-state index >= 15 is 0 Å². The number of fused-ring (bicyclic) bond motifs is 1. The summed E-state index contributed by atoms with van der Waals surface area (Å²) in [6.45, 7) is 15.5. The van der Waals surface area contributed by atoms with Gasteiger partial charge in [-0.05, 0) is 61.1 Å². The Bertz CT molecular complexity index is 1490. The Kier molecular flexibility index (Phi) is 10.4. The molecule has 3 aromatic rings. The molecule has 0 atom stereocenters. The first-order chi connectivity index (χ1) is 19.1. The maximum atomic E-state index is 12.1. The van der Waals surface area contributed by atoms with Crippen molar-refractivity contribution in [2.24, 2.45) is 0 Å². The summed E-state index contributed by atoms with van der Waals surface area (Å²) >= 11 is 0. The van der Waals surface area contributed by atoms with E-state index in [0.717, 1.165) is 30.7 Å². The molecule has 2 N–H and O–H groups in total. The summed E-state index contributed by atoms with van der Waals surface area (Å²) in [4.78, 5) is 18.0. The standard InChI is InChI=1S/C30H45N7O2SSi/c1-21(2)41(22(3)4,23(5)6)18-15-24-19-28(35-40(10,38)39)33-29-27(24)20-31-30(34-29)32-25-11-13-26(14-12-25)37(9)17-16-36(7)8/h11-14,19-23H,16-17H2,1-10H3,(H2,31,32,33,34,35). The maximum Gasteiger partial charge on any atom is 0.230 e. The molecule has 41 heavy (non-hydrogen) atoms. The molecular weight excluding hydrogens is 551 g/mol. The molecule has 0 unspecified atom stereocenters. The van der Waals surface area contributed by atoms with Gasteiger partial charge in [0.05, 0.1) is 11.6 Å². The third-order valence-electron chi connectivity index (χ3n) is 7.58. The minimum atomic E-state index is -3.54. The molecule has 0 aliphatic rings. The fourth-order valence-corrected chi connectivity index (χ4v) is 11.1. The number of anilines is 4. The average molecular weight is 596 g/mol. The first-order valence-corrected chi connectivity index (χ1v) is 18.2. The Hall–Kier alpha value is -3.20. The minimum Gasteiger partial charge on any atom is -0.373 e. The Morgan fingerprint density at radius 3 is 2.07 bits per heavy atom. The quantitative estimate of drug-likeness (QED) is 0.215. The van der Waals surface area contributed by atoms with E-state index in [9.17, 15) is 8.42 Å². The molecular formula is C30H45N7O2SSi. The van der Waals surface area contributed by atoms with Crippen LogP contribution >= 0.6 is 0 Å². The third-order valence-corrected chi connectivity index (χ3v) is 14.5. The van der Waals surface area contributed by atoms with Crippen LogP contribution in [0.4, 0.5) is 23.1 Å². The Balaban J connectivity index is 2.01. The van der Waals surface area contributed by atoms with Crippen LogP contribution in [0, 0.1) is 11.5 Å². The zero-order valence-electron chi connectivity index (χ0n) is 26.1. The molecule has 0 amide bonds. The van der Waals surface area contributed by atoms with Gasteiger partial charge in [-0.2, -0.15) is 4.98 Å². The van der Waals surface area contributed by atoms with Crippen molar-refractivity contribution in [3.8, 4) is 11.5 Å². The summed E-state index contributed by atoms with van der Waals surface area (Å²) in [5, 5.41) is 3.92. The molecule has 222 valence electrons. The first kappa shape index (κ1) is 32.3. The molecule has 0 saturated heterocycles. The van der Waals surface area contributed by atoms with Crippen molar-refractivity contribution in [1.29, 1.82) is 0 Å². The Morgan fingerprint density at radius 1 is 0.927 bits per heavy atom. The molecule has 0 bridgehead atoms. The van der Waals surface area contributed by atoms with E-state index in [0.29, 0.717) is 39.2 Å². The lowest BCUT2D eigenvalue weighted by molar-refractivity contribution is 0.416. The van der Waals surface area contributed by atoms with Gasteiger partial charge >= 0.3 is 0 Å². The number of benzene rings is 1. The van der Waals surface area contributed by atoms with Crippen molar-refractivity contribution >= 4 is 52.3 Å². The van der Waals surface area contributed by atoms with E-state index in [-0.39, 0.29) is 5.82 Å². The van der Waals surface area contributed by atoms with Gasteiger partial charge in [0.15, 0.2) is 5.65 Å². The lowest BCUT2D eigenvalue weighted by atomic mass is 10.2. The predicted octanol–water partition coefficient (Wildman–Crippen LogP) is 5.71. The van der Waals surface area contributed by atoms with Crippen LogP contribution in [-0.4, -0.2) is 76.8 Å². The number of hydrogen-bond acceptors (Lipinski definition) is 8. The molecule has 0 aliphatic heterocycles. The number of hydrogen-bond donors (Lipinski definition) is 2. The van der Waals surface area contributed by atoms with Gasteiger partial charge in [0.1, 0.15) is 13.9 Å². The zero-order chi connectivity index (χ0) is 30.5. The summed E-state index contributed by atoms with van der Waals surface area (Å²) < 4.78 is 26.6. The monoisotopic (exact) mass is 595 g/mol. The van der Waals surface area contributed by atoms with Crippen molar-refractivity contribution in [3.63, 3.8) is 0 Å². The van der Waals surface area contributed by atoms with Gasteiger partial charge in [-0.1, -0.05) is 47.5 Å². The van der Waals surface area contributed by atoms with E-state index in [4.69, 9.17) is 0 Å². The molecule has 11 heteroatoms. The molecule has 9 nitrogen and oxygen atoms in total. The number of pyridine rings is 1. The summed E-state index contributed by atoms with van der Waals surface area (Å²) in [7, 11) is 0.627. The Labute approximate surface area is 247 Å². The topological polar surface area (TPSA) is 103 Å². The largest absolute Gasteiger partial charge is 0.373 e. The van der Waals surface area contributed by atoms with Gasteiger partial charge in [-0.25, -0.2) is 18.4 Å². The summed E-state index contributed by atoms with van der Waals surface area (Å²) in [6.07, 6.45) is 2.81. The lowest BCUT2D eigenvalue weighted by Gasteiger charge is -2.38. The SMILES string of the molecule is CC(C)[Si](C#Cc1cc(NS(C)(=O)=O)nc2nc(Nc3ccc(N(C)CCN(C)C)cc3)ncc12)(C(C)C)C(C)C. The predicted molar refractivity (Wildman–Crippen MR) is 175 cm³/mol. The van der Waals surface area contributed by atoms with Crippen molar-refractivity contribution in [2.45, 2.75) is 58.2 Å². The van der Waals surface area contributed by atoms with E-state index < -0.39 is 18.1 Å². The maximum absolute atomic E-state index is 12.1. The summed E-state index contributed by atoms with van der Waals surface area (Å²) in [5.41, 5.74) is 8.08. The van der Waals surface area contributed by atoms with Gasteiger partial charge in [0.25, 0.3) is 0 Å². The van der Waals surface area contributed by atoms with Crippen LogP contribution in [0.25, 0.3) is 11.0 Å². The highest BCUT2D eigenvalue weighted by Crippen LogP contribution is 2.41. The summed E-state index contributed by atoms with van der Waals surface area (Å²) in [5.74, 6) is 3.98. The molecule has 0 fully saturated rings. The smallest absolute Gasteiger partial charge is 0.230 e. The minimum absolute atomic E-state index is 0.185. The fraction of sp³-hybridized carbons (Fsp3) is 0.500. The fourth-order valence-electron chi connectivity index (χ4n) is 5.43. The molecule has 0 aliphatic carbocycles. The molecule has 0 saturated carbocycles. The van der Waals surface area contributed by atoms with Gasteiger partial charge in [-0.15, -0.1) is 5.54 Å². The van der Waals surface area contributed by atoms with Crippen LogP contribution in [0.1, 0.15) is 47.1 Å². The van der Waals surface area contributed by atoms with Crippen LogP contribution in [0.5, 0.6) is 0 Å². The second kappa shape index (κ2) is 13.2. The van der Waals surface area contributed by atoms with Gasteiger partial charge < -0.3 is 15.1 Å². The van der Waals surface area contributed by atoms with Crippen LogP contribution in [0.15, 0.2) is 36.5 Å². The van der Waals surface area contributed by atoms with Crippen LogP contribution in [-0.2, 0) is 10.0 Å². The first-order valence-electron chi connectivity index (χ1n) is 14.0. The van der Waals surface area contributed by atoms with Crippen LogP contribution < -0.4 is 14.9 Å². The van der Waals surface area contributed by atoms with Crippen molar-refractivity contribution in [1.82, 2.24) is 19.9 Å². The van der Waals surface area contributed by atoms with Crippen molar-refractivity contribution in [2.75, 3.05) is 55.4 Å². The van der Waals surface area contributed by atoms with E-state index in [1.807, 2.05) is 24.3 Å². The number of nitrogens with one attached hydrogen (secondary N) is 2. The van der Waals surface area contributed by atoms with E-state index in [2.05, 4.69) is 109 Å². The molecule has 3 rings (SSSR count).